The summed E-state index contributed by atoms with van der Waals surface area (Å²) < 4.78 is 0. The molecule has 0 aliphatic heterocycles. The minimum absolute atomic E-state index is 0.429. The van der Waals surface area contributed by atoms with Gasteiger partial charge < -0.3 is 0 Å². The van der Waals surface area contributed by atoms with Crippen LogP contribution < -0.4 is 0 Å². The van der Waals surface area contributed by atoms with Gasteiger partial charge in [0.15, 0.2) is 0 Å². The van der Waals surface area contributed by atoms with Gasteiger partial charge in [-0.2, -0.15) is 34.0 Å². The average Bonchev–Trinajstić information content (AvgIpc) is 4.14. The molecular weight excluding hydrogens is 817 g/mol. The van der Waals surface area contributed by atoms with Crippen LogP contribution in [0.2, 0.25) is 0 Å². The maximum Gasteiger partial charge on any atom is 0.00619 e. The van der Waals surface area contributed by atoms with Crippen molar-refractivity contribution in [3.8, 4) is 0 Å². The molecule has 63 heavy (non-hydrogen) atoms. The van der Waals surface area contributed by atoms with Gasteiger partial charge in [-0.3, -0.25) is 0 Å². The second-order valence-electron chi connectivity index (χ2n) is 17.9. The van der Waals surface area contributed by atoms with Crippen molar-refractivity contribution in [2.24, 2.45) is 5.92 Å². The Bertz CT molecular complexity index is 4430. The first-order valence-corrected chi connectivity index (χ1v) is 24.7. The summed E-state index contributed by atoms with van der Waals surface area (Å²) in [6.45, 7) is 0. The van der Waals surface area contributed by atoms with Gasteiger partial charge in [-0.15, -0.1) is 0 Å². The van der Waals surface area contributed by atoms with E-state index in [9.17, 15) is 0 Å². The maximum atomic E-state index is 2.52. The molecule has 290 valence electrons. The van der Waals surface area contributed by atoms with Gasteiger partial charge in [0.2, 0.25) is 0 Å². The Hall–Kier alpha value is -6.88. The summed E-state index contributed by atoms with van der Waals surface area (Å²) in [6.07, 6.45) is 12.7. The van der Waals surface area contributed by atoms with E-state index in [2.05, 4.69) is 172 Å². The van der Waals surface area contributed by atoms with Crippen LogP contribution >= 0.6 is 34.0 Å². The molecule has 2 aliphatic carbocycles. The molecule has 14 aromatic rings. The Balaban J connectivity index is 1.23. The van der Waals surface area contributed by atoms with Gasteiger partial charge in [0.05, 0.1) is 0 Å². The van der Waals surface area contributed by atoms with Gasteiger partial charge in [0.1, 0.15) is 0 Å². The molecule has 0 bridgehead atoms. The highest BCUT2D eigenvalue weighted by Gasteiger charge is 2.28. The highest BCUT2D eigenvalue weighted by atomic mass is 32.1. The van der Waals surface area contributed by atoms with Crippen molar-refractivity contribution in [1.82, 2.24) is 0 Å². The van der Waals surface area contributed by atoms with E-state index in [0.717, 1.165) is 6.42 Å². The Morgan fingerprint density at radius 1 is 0.349 bits per heavy atom. The Morgan fingerprint density at radius 3 is 1.30 bits per heavy atom. The van der Waals surface area contributed by atoms with Crippen molar-refractivity contribution in [2.75, 3.05) is 0 Å². The molecule has 2 aliphatic rings. The maximum absolute atomic E-state index is 2.52. The Kier molecular flexibility index (Phi) is 6.41. The van der Waals surface area contributed by atoms with E-state index in [1.165, 1.54) is 157 Å². The lowest BCUT2D eigenvalue weighted by Gasteiger charge is -2.26. The van der Waals surface area contributed by atoms with Gasteiger partial charge in [-0.25, -0.2) is 0 Å². The third-order valence-electron chi connectivity index (χ3n) is 14.9. The van der Waals surface area contributed by atoms with E-state index < -0.39 is 0 Å². The van der Waals surface area contributed by atoms with Crippen molar-refractivity contribution in [3.63, 3.8) is 0 Å². The normalized spacial score (nSPS) is 15.4. The predicted molar refractivity (Wildman–Crippen MR) is 281 cm³/mol. The third-order valence-corrected chi connectivity index (χ3v) is 17.2. The first kappa shape index (κ1) is 33.7. The lowest BCUT2D eigenvalue weighted by atomic mass is 9.77. The number of allylic oxidation sites excluding steroid dienone is 5. The van der Waals surface area contributed by atoms with Crippen LogP contribution in [0.25, 0.3) is 146 Å². The van der Waals surface area contributed by atoms with Crippen molar-refractivity contribution in [2.45, 2.75) is 6.42 Å². The second-order valence-corrected chi connectivity index (χ2v) is 20.2. The summed E-state index contributed by atoms with van der Waals surface area (Å²) in [6, 6.07) is 42.1. The number of hydrogen-bond acceptors (Lipinski definition) is 3. The fourth-order valence-electron chi connectivity index (χ4n) is 12.3. The molecule has 0 radical (unpaired) electrons. The van der Waals surface area contributed by atoms with Crippen LogP contribution in [-0.2, 0) is 6.42 Å². The zero-order valence-electron chi connectivity index (χ0n) is 33.8. The summed E-state index contributed by atoms with van der Waals surface area (Å²) in [5.41, 5.74) is 4.26. The lowest BCUT2D eigenvalue weighted by Crippen LogP contribution is -2.11. The van der Waals surface area contributed by atoms with Gasteiger partial charge in [0, 0.05) is 54.4 Å². The smallest absolute Gasteiger partial charge is 0.00619 e. The van der Waals surface area contributed by atoms with E-state index in [-0.39, 0.29) is 0 Å². The predicted octanol–water partition coefficient (Wildman–Crippen LogP) is 18.5. The minimum Gasteiger partial charge on any atom is -0.151 e. The van der Waals surface area contributed by atoms with E-state index >= 15 is 0 Å². The van der Waals surface area contributed by atoms with Crippen LogP contribution in [0.5, 0.6) is 0 Å². The highest BCUT2D eigenvalue weighted by Crippen LogP contribution is 2.56. The molecule has 0 amide bonds. The van der Waals surface area contributed by atoms with E-state index in [1.807, 2.05) is 34.0 Å². The molecule has 0 nitrogen and oxygen atoms in total. The first-order chi connectivity index (χ1) is 31.2. The number of fused-ring (bicyclic) bond motifs is 30. The topological polar surface area (TPSA) is 0 Å². The van der Waals surface area contributed by atoms with Crippen molar-refractivity contribution in [1.29, 1.82) is 0 Å². The SMILES string of the molecule is C1=CC2=Cc3c(ccc4c3c3cscc3c3c4c4c5cscc5c5c6cc7ccccc7cc6ccc5c4c4c5cscc5c5c6cc7ccccc7cc6ccc5c34)CC2C=C1. The van der Waals surface area contributed by atoms with Gasteiger partial charge in [-0.1, -0.05) is 115 Å². The monoisotopic (exact) mass is 848 g/mol. The molecule has 0 spiro atoms. The van der Waals surface area contributed by atoms with Crippen LogP contribution in [0.15, 0.2) is 171 Å². The molecule has 1 unspecified atom stereocenters. The fourth-order valence-corrected chi connectivity index (χ4v) is 14.8. The largest absolute Gasteiger partial charge is 0.151 e. The summed E-state index contributed by atoms with van der Waals surface area (Å²) in [5, 5.41) is 49.7. The summed E-state index contributed by atoms with van der Waals surface area (Å²) >= 11 is 5.54. The molecule has 11 aromatic carbocycles. The van der Waals surface area contributed by atoms with Crippen LogP contribution in [0.4, 0.5) is 0 Å². The summed E-state index contributed by atoms with van der Waals surface area (Å²) in [7, 11) is 0. The molecule has 0 N–H and O–H groups in total. The number of benzene rings is 11. The van der Waals surface area contributed by atoms with E-state index in [1.54, 1.807) is 0 Å². The number of thiophene rings is 3. The van der Waals surface area contributed by atoms with Crippen LogP contribution in [-0.4, -0.2) is 0 Å². The molecule has 3 heterocycles. The molecular formula is C60H32S3. The van der Waals surface area contributed by atoms with Gasteiger partial charge in [-0.05, 0) is 171 Å². The van der Waals surface area contributed by atoms with E-state index in [0.29, 0.717) is 5.92 Å². The Labute approximate surface area is 372 Å². The summed E-state index contributed by atoms with van der Waals surface area (Å²) in [4.78, 5) is 0. The number of rotatable bonds is 0. The molecule has 0 saturated carbocycles. The quantitative estimate of drug-likeness (QED) is 0.105. The van der Waals surface area contributed by atoms with Gasteiger partial charge in [0.25, 0.3) is 0 Å². The van der Waals surface area contributed by atoms with Crippen LogP contribution in [0.3, 0.4) is 0 Å². The standard InChI is InChI=1S/C60H32S3/c1-4-10-34-22-43-37(19-31(34)7-1)13-16-40-52(43)46-25-61-28-49(46)58-55(40)59-50-29-62-26-47(50)54-42(18-15-39-21-33-9-3-6-12-36(33)24-45(39)54)57(59)60-51-30-63-27-48(51)53-41(56(58)60)17-14-38-20-32-8-2-5-11-35(32)23-44(38)53/h1-20,22-30,33H,21H2. The fraction of sp³-hybridized carbons (Fsp3) is 0.0333. The average molecular weight is 849 g/mol. The van der Waals surface area contributed by atoms with Crippen molar-refractivity contribution in [3.05, 3.63) is 182 Å². The minimum atomic E-state index is 0.429. The Morgan fingerprint density at radius 2 is 0.778 bits per heavy atom. The summed E-state index contributed by atoms with van der Waals surface area (Å²) in [5.74, 6) is 0.429. The zero-order valence-corrected chi connectivity index (χ0v) is 36.2. The molecule has 1 atom stereocenters. The second kappa shape index (κ2) is 12.0. The molecule has 3 heteroatoms. The molecule has 3 aromatic heterocycles. The molecule has 16 rings (SSSR count). The molecule has 0 saturated heterocycles. The van der Waals surface area contributed by atoms with Crippen molar-refractivity contribution >= 4 is 180 Å². The van der Waals surface area contributed by atoms with Crippen LogP contribution in [0, 0.1) is 5.92 Å². The van der Waals surface area contributed by atoms with Crippen LogP contribution in [0.1, 0.15) is 11.1 Å². The number of hydrogen-bond donors (Lipinski definition) is 0. The zero-order chi connectivity index (χ0) is 40.7. The highest BCUT2D eigenvalue weighted by molar-refractivity contribution is 7.10. The third kappa shape index (κ3) is 4.26. The lowest BCUT2D eigenvalue weighted by molar-refractivity contribution is 0.760. The van der Waals surface area contributed by atoms with Gasteiger partial charge >= 0.3 is 0 Å². The first-order valence-electron chi connectivity index (χ1n) is 21.8. The van der Waals surface area contributed by atoms with Crippen molar-refractivity contribution < 1.29 is 0 Å². The van der Waals surface area contributed by atoms with E-state index in [4.69, 9.17) is 0 Å². The molecule has 0 fully saturated rings.